The van der Waals surface area contributed by atoms with Crippen molar-refractivity contribution in [1.82, 2.24) is 0 Å². The molecule has 0 aliphatic carbocycles. The maximum atomic E-state index is 10.8. The van der Waals surface area contributed by atoms with Gasteiger partial charge in [-0.3, -0.25) is 10.1 Å². The summed E-state index contributed by atoms with van der Waals surface area (Å²) in [7, 11) is 0. The highest BCUT2D eigenvalue weighted by Crippen LogP contribution is 2.27. The molecule has 0 unspecified atom stereocenters. The Balaban J connectivity index is 2.79. The first-order chi connectivity index (χ1) is 8.02. The standard InChI is InChI=1S/C12H18N2O3/c1-3-12(13,4-2)9-17-11-8-6-5-7-10(11)14(15)16/h5-8H,3-4,9,13H2,1-2H3. The van der Waals surface area contributed by atoms with Gasteiger partial charge in [-0.05, 0) is 18.9 Å². The van der Waals surface area contributed by atoms with E-state index in [2.05, 4.69) is 0 Å². The molecule has 0 heterocycles. The molecule has 0 bridgehead atoms. The van der Waals surface area contributed by atoms with Gasteiger partial charge in [0.2, 0.25) is 0 Å². The first kappa shape index (κ1) is 13.4. The lowest BCUT2D eigenvalue weighted by molar-refractivity contribution is -0.385. The molecule has 0 saturated heterocycles. The third-order valence-corrected chi connectivity index (χ3v) is 2.99. The quantitative estimate of drug-likeness (QED) is 0.610. The van der Waals surface area contributed by atoms with Gasteiger partial charge >= 0.3 is 5.69 Å². The molecule has 0 aliphatic heterocycles. The van der Waals surface area contributed by atoms with Crippen molar-refractivity contribution >= 4 is 5.69 Å². The third-order valence-electron chi connectivity index (χ3n) is 2.99. The zero-order valence-corrected chi connectivity index (χ0v) is 10.2. The normalized spacial score (nSPS) is 11.2. The highest BCUT2D eigenvalue weighted by molar-refractivity contribution is 5.45. The van der Waals surface area contributed by atoms with Crippen LogP contribution in [-0.4, -0.2) is 17.1 Å². The van der Waals surface area contributed by atoms with Crippen molar-refractivity contribution in [3.8, 4) is 5.75 Å². The molecule has 1 aromatic rings. The molecular weight excluding hydrogens is 220 g/mol. The number of nitrogens with zero attached hydrogens (tertiary/aromatic N) is 1. The molecule has 0 atom stereocenters. The Kier molecular flexibility index (Phi) is 4.45. The van der Waals surface area contributed by atoms with Crippen LogP contribution in [0.1, 0.15) is 26.7 Å². The number of nitrogens with two attached hydrogens (primary N) is 1. The molecule has 1 rings (SSSR count). The molecule has 5 heteroatoms. The van der Waals surface area contributed by atoms with Gasteiger partial charge < -0.3 is 10.5 Å². The molecule has 94 valence electrons. The van der Waals surface area contributed by atoms with Crippen LogP contribution in [0.15, 0.2) is 24.3 Å². The van der Waals surface area contributed by atoms with Crippen molar-refractivity contribution in [2.75, 3.05) is 6.61 Å². The summed E-state index contributed by atoms with van der Waals surface area (Å²) < 4.78 is 5.48. The van der Waals surface area contributed by atoms with E-state index in [1.54, 1.807) is 18.2 Å². The lowest BCUT2D eigenvalue weighted by Crippen LogP contribution is -2.44. The van der Waals surface area contributed by atoms with Crippen molar-refractivity contribution in [1.29, 1.82) is 0 Å². The SMILES string of the molecule is CCC(N)(CC)COc1ccccc1[N+](=O)[O-]. The molecule has 0 radical (unpaired) electrons. The number of ether oxygens (including phenoxy) is 1. The van der Waals surface area contributed by atoms with Gasteiger partial charge in [0.15, 0.2) is 5.75 Å². The Bertz CT molecular complexity index is 389. The van der Waals surface area contributed by atoms with Gasteiger partial charge in [-0.1, -0.05) is 26.0 Å². The van der Waals surface area contributed by atoms with Gasteiger partial charge in [-0.15, -0.1) is 0 Å². The minimum absolute atomic E-state index is 0.0259. The van der Waals surface area contributed by atoms with Gasteiger partial charge in [-0.2, -0.15) is 0 Å². The monoisotopic (exact) mass is 238 g/mol. The van der Waals surface area contributed by atoms with Gasteiger partial charge in [0, 0.05) is 11.6 Å². The van der Waals surface area contributed by atoms with Crippen LogP contribution in [0.4, 0.5) is 5.69 Å². The summed E-state index contributed by atoms with van der Waals surface area (Å²) in [6.45, 7) is 4.24. The van der Waals surface area contributed by atoms with Crippen LogP contribution in [0.2, 0.25) is 0 Å². The summed E-state index contributed by atoms with van der Waals surface area (Å²) >= 11 is 0. The van der Waals surface area contributed by atoms with Crippen LogP contribution < -0.4 is 10.5 Å². The van der Waals surface area contributed by atoms with Gasteiger partial charge in [-0.25, -0.2) is 0 Å². The Morgan fingerprint density at radius 3 is 2.47 bits per heavy atom. The number of nitro benzene ring substituents is 1. The van der Waals surface area contributed by atoms with E-state index in [9.17, 15) is 10.1 Å². The van der Waals surface area contributed by atoms with Crippen molar-refractivity contribution in [2.24, 2.45) is 5.73 Å². The van der Waals surface area contributed by atoms with E-state index in [1.165, 1.54) is 6.07 Å². The predicted molar refractivity (Wildman–Crippen MR) is 66.1 cm³/mol. The number of nitro groups is 1. The second kappa shape index (κ2) is 5.63. The van der Waals surface area contributed by atoms with Crippen molar-refractivity contribution in [3.63, 3.8) is 0 Å². The highest BCUT2D eigenvalue weighted by atomic mass is 16.6. The Morgan fingerprint density at radius 2 is 1.94 bits per heavy atom. The van der Waals surface area contributed by atoms with Crippen LogP contribution >= 0.6 is 0 Å². The molecule has 0 aromatic heterocycles. The number of hydrogen-bond donors (Lipinski definition) is 1. The number of para-hydroxylation sites is 2. The van der Waals surface area contributed by atoms with Crippen molar-refractivity contribution in [3.05, 3.63) is 34.4 Å². The fourth-order valence-corrected chi connectivity index (χ4v) is 1.41. The van der Waals surface area contributed by atoms with Gasteiger partial charge in [0.05, 0.1) is 4.92 Å². The molecule has 0 aliphatic rings. The molecule has 17 heavy (non-hydrogen) atoms. The predicted octanol–water partition coefficient (Wildman–Crippen LogP) is 2.49. The summed E-state index contributed by atoms with van der Waals surface area (Å²) in [5.41, 5.74) is 5.62. The first-order valence-corrected chi connectivity index (χ1v) is 5.67. The van der Waals surface area contributed by atoms with E-state index in [1.807, 2.05) is 13.8 Å². The molecular formula is C12H18N2O3. The summed E-state index contributed by atoms with van der Waals surface area (Å²) in [5.74, 6) is 0.272. The summed E-state index contributed by atoms with van der Waals surface area (Å²) in [6, 6.07) is 6.33. The summed E-state index contributed by atoms with van der Waals surface area (Å²) in [4.78, 5) is 10.3. The zero-order valence-electron chi connectivity index (χ0n) is 10.2. The van der Waals surface area contributed by atoms with E-state index in [0.717, 1.165) is 12.8 Å². The van der Waals surface area contributed by atoms with E-state index >= 15 is 0 Å². The Labute approximate surface area is 101 Å². The van der Waals surface area contributed by atoms with Crippen LogP contribution in [0.25, 0.3) is 0 Å². The van der Waals surface area contributed by atoms with Crippen LogP contribution in [0, 0.1) is 10.1 Å². The molecule has 0 fully saturated rings. The Hall–Kier alpha value is -1.62. The molecule has 0 spiro atoms. The summed E-state index contributed by atoms with van der Waals surface area (Å²) in [5, 5.41) is 10.8. The number of rotatable bonds is 6. The average Bonchev–Trinajstić information content (AvgIpc) is 2.36. The molecule has 0 amide bonds. The summed E-state index contributed by atoms with van der Waals surface area (Å²) in [6.07, 6.45) is 1.54. The van der Waals surface area contributed by atoms with Crippen LogP contribution in [-0.2, 0) is 0 Å². The minimum Gasteiger partial charge on any atom is -0.485 e. The maximum Gasteiger partial charge on any atom is 0.310 e. The second-order valence-corrected chi connectivity index (χ2v) is 4.08. The Morgan fingerprint density at radius 1 is 1.35 bits per heavy atom. The van der Waals surface area contributed by atoms with E-state index in [-0.39, 0.29) is 18.0 Å². The third kappa shape index (κ3) is 3.42. The smallest absolute Gasteiger partial charge is 0.310 e. The lowest BCUT2D eigenvalue weighted by atomic mass is 9.96. The van der Waals surface area contributed by atoms with E-state index < -0.39 is 10.5 Å². The fraction of sp³-hybridized carbons (Fsp3) is 0.500. The van der Waals surface area contributed by atoms with Crippen molar-refractivity contribution < 1.29 is 9.66 Å². The van der Waals surface area contributed by atoms with Gasteiger partial charge in [0.25, 0.3) is 0 Å². The molecule has 0 saturated carbocycles. The molecule has 2 N–H and O–H groups in total. The molecule has 5 nitrogen and oxygen atoms in total. The highest BCUT2D eigenvalue weighted by Gasteiger charge is 2.23. The van der Waals surface area contributed by atoms with Gasteiger partial charge in [0.1, 0.15) is 6.61 Å². The zero-order chi connectivity index (χ0) is 12.9. The minimum atomic E-state index is -0.453. The van der Waals surface area contributed by atoms with E-state index in [4.69, 9.17) is 10.5 Å². The largest absolute Gasteiger partial charge is 0.485 e. The maximum absolute atomic E-state index is 10.8. The van der Waals surface area contributed by atoms with Crippen LogP contribution in [0.5, 0.6) is 5.75 Å². The topological polar surface area (TPSA) is 78.4 Å². The molecule has 1 aromatic carbocycles. The van der Waals surface area contributed by atoms with Crippen molar-refractivity contribution in [2.45, 2.75) is 32.2 Å². The second-order valence-electron chi connectivity index (χ2n) is 4.08. The number of benzene rings is 1. The van der Waals surface area contributed by atoms with Crippen LogP contribution in [0.3, 0.4) is 0 Å². The average molecular weight is 238 g/mol. The number of hydrogen-bond acceptors (Lipinski definition) is 4. The fourth-order valence-electron chi connectivity index (χ4n) is 1.41. The first-order valence-electron chi connectivity index (χ1n) is 5.67. The lowest BCUT2D eigenvalue weighted by Gasteiger charge is -2.26. The van der Waals surface area contributed by atoms with E-state index in [0.29, 0.717) is 0 Å².